The Morgan fingerprint density at radius 2 is 1.70 bits per heavy atom. The van der Waals surface area contributed by atoms with Crippen LogP contribution >= 0.6 is 0 Å². The number of carbonyl (C=O) groups excluding carboxylic acids is 1. The zero-order chi connectivity index (χ0) is 6.69. The molecule has 0 aliphatic rings. The molecular weight excluding hydrogens is 171 g/mol. The number of hydrogen-bond acceptors (Lipinski definition) is 1. The minimum Gasteiger partial charge on any atom is -0.332 e. The zero-order valence-electron chi connectivity index (χ0n) is 5.32. The van der Waals surface area contributed by atoms with E-state index in [-0.39, 0.29) is 22.3 Å². The summed E-state index contributed by atoms with van der Waals surface area (Å²) in [7, 11) is 0. The summed E-state index contributed by atoms with van der Waals surface area (Å²) in [6.45, 7) is 3.27. The fourth-order valence-corrected chi connectivity index (χ4v) is 0.624. The summed E-state index contributed by atoms with van der Waals surface area (Å²) >= 11 is 0. The first-order valence-corrected chi connectivity index (χ1v) is 2.72. The number of carbonyl (C=O) groups is 1. The van der Waals surface area contributed by atoms with Gasteiger partial charge in [-0.2, -0.15) is 6.92 Å². The molecule has 0 bridgehead atoms. The van der Waals surface area contributed by atoms with Crippen LogP contribution in [-0.2, 0) is 16.5 Å². The molecule has 1 rings (SSSR count). The van der Waals surface area contributed by atoms with Gasteiger partial charge in [0.2, 0.25) is 0 Å². The summed E-state index contributed by atoms with van der Waals surface area (Å²) in [6, 6.07) is 8.99. The SMILES string of the molecule is [CH2-]C(=O)c1ccccc1.[Ni]. The summed E-state index contributed by atoms with van der Waals surface area (Å²) < 4.78 is 0. The second kappa shape index (κ2) is 4.13. The van der Waals surface area contributed by atoms with Crippen LogP contribution in [0.5, 0.6) is 0 Å². The van der Waals surface area contributed by atoms with E-state index in [0.717, 1.165) is 0 Å². The molecule has 0 radical (unpaired) electrons. The van der Waals surface area contributed by atoms with Gasteiger partial charge in [0.1, 0.15) is 0 Å². The number of ketones is 1. The van der Waals surface area contributed by atoms with Crippen molar-refractivity contribution in [1.29, 1.82) is 0 Å². The molecule has 0 aliphatic heterocycles. The van der Waals surface area contributed by atoms with Gasteiger partial charge in [-0.15, -0.1) is 17.7 Å². The van der Waals surface area contributed by atoms with E-state index in [1.165, 1.54) is 0 Å². The average molecular weight is 178 g/mol. The van der Waals surface area contributed by atoms with E-state index in [4.69, 9.17) is 0 Å². The third kappa shape index (κ3) is 2.24. The maximum Gasteiger partial charge on any atom is 0.0215 e. The van der Waals surface area contributed by atoms with Crippen LogP contribution in [-0.4, -0.2) is 5.78 Å². The molecule has 56 valence electrons. The van der Waals surface area contributed by atoms with Gasteiger partial charge in [-0.05, 0) is 0 Å². The Morgan fingerprint density at radius 1 is 1.20 bits per heavy atom. The van der Waals surface area contributed by atoms with Crippen molar-refractivity contribution >= 4 is 5.78 Å². The van der Waals surface area contributed by atoms with Crippen molar-refractivity contribution in [3.63, 3.8) is 0 Å². The Morgan fingerprint density at radius 3 is 2.00 bits per heavy atom. The van der Waals surface area contributed by atoms with E-state index < -0.39 is 0 Å². The quantitative estimate of drug-likeness (QED) is 0.363. The fourth-order valence-electron chi connectivity index (χ4n) is 0.624. The molecule has 0 spiro atoms. The molecule has 1 aromatic carbocycles. The number of rotatable bonds is 1. The van der Waals surface area contributed by atoms with Gasteiger partial charge in [-0.3, -0.25) is 0 Å². The van der Waals surface area contributed by atoms with Crippen molar-refractivity contribution in [2.45, 2.75) is 0 Å². The van der Waals surface area contributed by atoms with Gasteiger partial charge in [-0.25, -0.2) is 0 Å². The molecule has 10 heavy (non-hydrogen) atoms. The third-order valence-corrected chi connectivity index (χ3v) is 1.10. The maximum atomic E-state index is 10.5. The van der Waals surface area contributed by atoms with Crippen LogP contribution in [0.3, 0.4) is 0 Å². The summed E-state index contributed by atoms with van der Waals surface area (Å²) in [5, 5.41) is 0. The summed E-state index contributed by atoms with van der Waals surface area (Å²) in [4.78, 5) is 10.5. The first-order valence-electron chi connectivity index (χ1n) is 2.72. The molecule has 2 heteroatoms. The van der Waals surface area contributed by atoms with Crippen LogP contribution in [0.15, 0.2) is 30.3 Å². The first-order chi connectivity index (χ1) is 4.30. The predicted molar refractivity (Wildman–Crippen MR) is 36.1 cm³/mol. The molecule has 0 unspecified atom stereocenters. The Bertz CT molecular complexity index is 206. The van der Waals surface area contributed by atoms with Gasteiger partial charge < -0.3 is 4.79 Å². The summed E-state index contributed by atoms with van der Waals surface area (Å²) in [5.41, 5.74) is 0.664. The van der Waals surface area contributed by atoms with Crippen molar-refractivity contribution in [1.82, 2.24) is 0 Å². The monoisotopic (exact) mass is 177 g/mol. The van der Waals surface area contributed by atoms with E-state index >= 15 is 0 Å². The topological polar surface area (TPSA) is 17.1 Å². The van der Waals surface area contributed by atoms with E-state index in [2.05, 4.69) is 6.92 Å². The molecule has 0 heterocycles. The second-order valence-electron chi connectivity index (χ2n) is 1.79. The molecule has 1 nitrogen and oxygen atoms in total. The van der Waals surface area contributed by atoms with Gasteiger partial charge in [0.25, 0.3) is 0 Å². The zero-order valence-corrected chi connectivity index (χ0v) is 6.31. The van der Waals surface area contributed by atoms with Gasteiger partial charge in [0, 0.05) is 22.3 Å². The van der Waals surface area contributed by atoms with Crippen molar-refractivity contribution in [2.24, 2.45) is 0 Å². The molecule has 0 fully saturated rings. The van der Waals surface area contributed by atoms with Crippen molar-refractivity contribution in [2.75, 3.05) is 0 Å². The Balaban J connectivity index is 0.000000810. The Kier molecular flexibility index (Phi) is 3.82. The van der Waals surface area contributed by atoms with Gasteiger partial charge in [0.15, 0.2) is 0 Å². The minimum atomic E-state index is -0.129. The van der Waals surface area contributed by atoms with E-state index in [9.17, 15) is 4.79 Å². The molecule has 0 N–H and O–H groups in total. The van der Waals surface area contributed by atoms with E-state index in [0.29, 0.717) is 5.56 Å². The van der Waals surface area contributed by atoms with Crippen LogP contribution in [0, 0.1) is 6.92 Å². The number of Topliss-reactive ketones (excluding diaryl/α,β-unsaturated/α-hetero) is 1. The third-order valence-electron chi connectivity index (χ3n) is 1.10. The van der Waals surface area contributed by atoms with Crippen molar-refractivity contribution in [3.8, 4) is 0 Å². The number of benzene rings is 1. The maximum absolute atomic E-state index is 10.5. The van der Waals surface area contributed by atoms with Crippen LogP contribution in [0.1, 0.15) is 10.4 Å². The van der Waals surface area contributed by atoms with Gasteiger partial charge in [0.05, 0.1) is 0 Å². The largest absolute Gasteiger partial charge is 0.332 e. The predicted octanol–water partition coefficient (Wildman–Crippen LogP) is 1.70. The molecule has 0 aliphatic carbocycles. The van der Waals surface area contributed by atoms with Crippen LogP contribution in [0.4, 0.5) is 0 Å². The fraction of sp³-hybridized carbons (Fsp3) is 0. The normalized spacial score (nSPS) is 8.00. The molecular formula is C8H7NiO-. The van der Waals surface area contributed by atoms with Crippen molar-refractivity contribution < 1.29 is 21.3 Å². The smallest absolute Gasteiger partial charge is 0.0215 e. The Labute approximate surface area is 70.4 Å². The molecule has 0 aromatic heterocycles. The average Bonchev–Trinajstić information content (AvgIpc) is 1.90. The van der Waals surface area contributed by atoms with E-state index in [1.54, 1.807) is 12.1 Å². The van der Waals surface area contributed by atoms with Crippen LogP contribution < -0.4 is 0 Å². The molecule has 0 saturated heterocycles. The standard InChI is InChI=1S/C8H7O.Ni/c1-7(9)8-5-3-2-4-6-8;/h2-6H,1H2;/q-1;. The van der Waals surface area contributed by atoms with Crippen molar-refractivity contribution in [3.05, 3.63) is 42.8 Å². The van der Waals surface area contributed by atoms with Gasteiger partial charge in [-0.1, -0.05) is 18.2 Å². The Hall–Kier alpha value is -0.746. The molecule has 0 atom stereocenters. The second-order valence-corrected chi connectivity index (χ2v) is 1.79. The molecule has 1 aromatic rings. The van der Waals surface area contributed by atoms with E-state index in [1.807, 2.05) is 18.2 Å². The molecule has 0 saturated carbocycles. The molecule has 0 amide bonds. The van der Waals surface area contributed by atoms with Crippen LogP contribution in [0.2, 0.25) is 0 Å². The first kappa shape index (κ1) is 9.25. The number of hydrogen-bond donors (Lipinski definition) is 0. The minimum absolute atomic E-state index is 0. The summed E-state index contributed by atoms with van der Waals surface area (Å²) in [6.07, 6.45) is 0. The van der Waals surface area contributed by atoms with Gasteiger partial charge >= 0.3 is 0 Å². The van der Waals surface area contributed by atoms with Crippen LogP contribution in [0.25, 0.3) is 0 Å². The summed E-state index contributed by atoms with van der Waals surface area (Å²) in [5.74, 6) is -0.129.